The normalized spacial score (nSPS) is 19.1. The molecule has 2 aromatic carbocycles. The van der Waals surface area contributed by atoms with Crippen molar-refractivity contribution < 1.29 is 19.5 Å². The van der Waals surface area contributed by atoms with Crippen molar-refractivity contribution in [2.24, 2.45) is 5.73 Å². The zero-order valence-corrected chi connectivity index (χ0v) is 14.2. The molecule has 1 aliphatic heterocycles. The fourth-order valence-corrected chi connectivity index (χ4v) is 3.55. The van der Waals surface area contributed by atoms with E-state index in [2.05, 4.69) is 0 Å². The molecule has 26 heavy (non-hydrogen) atoms. The third-order valence-electron chi connectivity index (χ3n) is 4.67. The lowest BCUT2D eigenvalue weighted by Gasteiger charge is -2.41. The van der Waals surface area contributed by atoms with Gasteiger partial charge in [0.15, 0.2) is 0 Å². The number of nitrogens with zero attached hydrogens (tertiary/aromatic N) is 1. The van der Waals surface area contributed by atoms with E-state index in [0.29, 0.717) is 17.5 Å². The number of rotatable bonds is 6. The predicted molar refractivity (Wildman–Crippen MR) is 95.5 cm³/mol. The van der Waals surface area contributed by atoms with Crippen molar-refractivity contribution in [3.63, 3.8) is 0 Å². The molecule has 0 bridgehead atoms. The number of aliphatic carboxylic acids is 1. The first-order chi connectivity index (χ1) is 12.5. The Morgan fingerprint density at radius 3 is 2.35 bits per heavy atom. The summed E-state index contributed by atoms with van der Waals surface area (Å²) in [7, 11) is 0. The summed E-state index contributed by atoms with van der Waals surface area (Å²) in [4.78, 5) is 37.8. The lowest BCUT2D eigenvalue weighted by Crippen LogP contribution is -2.45. The van der Waals surface area contributed by atoms with Gasteiger partial charge in [0, 0.05) is 18.5 Å². The summed E-state index contributed by atoms with van der Waals surface area (Å²) in [6.07, 6.45) is 0.531. The number of hydrogen-bond donors (Lipinski definition) is 2. The van der Waals surface area contributed by atoms with Crippen molar-refractivity contribution in [1.82, 2.24) is 4.90 Å². The summed E-state index contributed by atoms with van der Waals surface area (Å²) < 4.78 is 0. The molecule has 134 valence electrons. The number of carbonyl (C=O) groups excluding carboxylic acids is 2. The Morgan fingerprint density at radius 1 is 1.04 bits per heavy atom. The largest absolute Gasteiger partial charge is 0.481 e. The number of carboxylic acid groups (broad SMARTS) is 1. The summed E-state index contributed by atoms with van der Waals surface area (Å²) in [5, 5.41) is 9.92. The summed E-state index contributed by atoms with van der Waals surface area (Å²) in [5.74, 6) is -2.53. The van der Waals surface area contributed by atoms with E-state index in [9.17, 15) is 19.5 Å². The van der Waals surface area contributed by atoms with Crippen molar-refractivity contribution in [3.8, 4) is 0 Å². The van der Waals surface area contributed by atoms with E-state index in [-0.39, 0.29) is 18.9 Å². The summed E-state index contributed by atoms with van der Waals surface area (Å²) in [6, 6.07) is 15.3. The fourth-order valence-electron chi connectivity index (χ4n) is 3.55. The van der Waals surface area contributed by atoms with Gasteiger partial charge in [-0.3, -0.25) is 14.4 Å². The molecule has 3 N–H and O–H groups in total. The Kier molecular flexibility index (Phi) is 5.02. The minimum absolute atomic E-state index is 0.144. The standard InChI is InChI=1S/C20H20N2O4/c21-16(23)11-6-12-22-18(13-7-2-1-3-8-13)17(20(25)26)14-9-4-5-10-15(14)19(22)24/h1-5,7-10,17-18H,6,11-12H2,(H2,21,23)(H,25,26). The molecule has 3 rings (SSSR count). The van der Waals surface area contributed by atoms with E-state index in [0.717, 1.165) is 5.56 Å². The number of carboxylic acids is 1. The molecule has 0 radical (unpaired) electrons. The number of primary amides is 1. The second kappa shape index (κ2) is 7.39. The maximum absolute atomic E-state index is 13.1. The van der Waals surface area contributed by atoms with Crippen LogP contribution in [-0.4, -0.2) is 34.3 Å². The highest BCUT2D eigenvalue weighted by Gasteiger charge is 2.43. The van der Waals surface area contributed by atoms with Crippen LogP contribution in [0.5, 0.6) is 0 Å². The first-order valence-electron chi connectivity index (χ1n) is 8.46. The number of fused-ring (bicyclic) bond motifs is 1. The maximum atomic E-state index is 13.1. The number of nitrogens with two attached hydrogens (primary N) is 1. The molecule has 6 heteroatoms. The van der Waals surface area contributed by atoms with Crippen molar-refractivity contribution in [3.05, 3.63) is 71.3 Å². The van der Waals surface area contributed by atoms with E-state index >= 15 is 0 Å². The van der Waals surface area contributed by atoms with Gasteiger partial charge in [-0.05, 0) is 23.6 Å². The highest BCUT2D eigenvalue weighted by Crippen LogP contribution is 2.42. The molecule has 6 nitrogen and oxygen atoms in total. The van der Waals surface area contributed by atoms with Crippen molar-refractivity contribution in [2.75, 3.05) is 6.54 Å². The average molecular weight is 352 g/mol. The summed E-state index contributed by atoms with van der Waals surface area (Å²) >= 11 is 0. The van der Waals surface area contributed by atoms with Gasteiger partial charge in [0.05, 0.1) is 6.04 Å². The van der Waals surface area contributed by atoms with Crippen LogP contribution in [0.15, 0.2) is 54.6 Å². The summed E-state index contributed by atoms with van der Waals surface area (Å²) in [5.41, 5.74) is 6.87. The molecule has 1 aliphatic rings. The van der Waals surface area contributed by atoms with Gasteiger partial charge in [-0.15, -0.1) is 0 Å². The van der Waals surface area contributed by atoms with Gasteiger partial charge >= 0.3 is 5.97 Å². The van der Waals surface area contributed by atoms with Gasteiger partial charge in [-0.1, -0.05) is 48.5 Å². The predicted octanol–water partition coefficient (Wildman–Crippen LogP) is 2.32. The molecule has 2 aromatic rings. The maximum Gasteiger partial charge on any atom is 0.313 e. The fraction of sp³-hybridized carbons (Fsp3) is 0.250. The Labute approximate surface area is 151 Å². The van der Waals surface area contributed by atoms with E-state index in [1.165, 1.54) is 0 Å². The van der Waals surface area contributed by atoms with E-state index < -0.39 is 23.8 Å². The highest BCUT2D eigenvalue weighted by atomic mass is 16.4. The van der Waals surface area contributed by atoms with Crippen LogP contribution in [0.3, 0.4) is 0 Å². The highest BCUT2D eigenvalue weighted by molar-refractivity contribution is 6.00. The van der Waals surface area contributed by atoms with Crippen molar-refractivity contribution in [2.45, 2.75) is 24.8 Å². The van der Waals surface area contributed by atoms with Crippen LogP contribution in [0, 0.1) is 0 Å². The molecule has 0 spiro atoms. The van der Waals surface area contributed by atoms with Crippen LogP contribution in [0.25, 0.3) is 0 Å². The number of hydrogen-bond acceptors (Lipinski definition) is 3. The van der Waals surface area contributed by atoms with Crippen LogP contribution >= 0.6 is 0 Å². The number of carbonyl (C=O) groups is 3. The lowest BCUT2D eigenvalue weighted by molar-refractivity contribution is -0.140. The van der Waals surface area contributed by atoms with E-state index in [4.69, 9.17) is 5.73 Å². The van der Waals surface area contributed by atoms with Gasteiger partial charge in [0.1, 0.15) is 5.92 Å². The van der Waals surface area contributed by atoms with E-state index in [1.807, 2.05) is 30.3 Å². The topological polar surface area (TPSA) is 101 Å². The summed E-state index contributed by atoms with van der Waals surface area (Å²) in [6.45, 7) is 0.263. The van der Waals surface area contributed by atoms with Crippen LogP contribution in [0.1, 0.15) is 46.3 Å². The first kappa shape index (κ1) is 17.7. The van der Waals surface area contributed by atoms with Gasteiger partial charge in [0.2, 0.25) is 5.91 Å². The SMILES string of the molecule is NC(=O)CCCN1C(=O)c2ccccc2C(C(=O)O)C1c1ccccc1. The minimum atomic E-state index is -0.987. The smallest absolute Gasteiger partial charge is 0.313 e. The molecule has 0 fully saturated rings. The van der Waals surface area contributed by atoms with Crippen molar-refractivity contribution in [1.29, 1.82) is 0 Å². The van der Waals surface area contributed by atoms with Gasteiger partial charge in [-0.25, -0.2) is 0 Å². The molecule has 2 amide bonds. The zero-order chi connectivity index (χ0) is 18.7. The molecule has 0 aromatic heterocycles. The van der Waals surface area contributed by atoms with E-state index in [1.54, 1.807) is 29.2 Å². The molecule has 2 unspecified atom stereocenters. The second-order valence-electron chi connectivity index (χ2n) is 6.33. The zero-order valence-electron chi connectivity index (χ0n) is 14.2. The van der Waals surface area contributed by atoms with Crippen LogP contribution < -0.4 is 5.73 Å². The average Bonchev–Trinajstić information content (AvgIpc) is 2.63. The number of benzene rings is 2. The minimum Gasteiger partial charge on any atom is -0.481 e. The molecule has 0 saturated heterocycles. The van der Waals surface area contributed by atoms with Crippen LogP contribution in [0.2, 0.25) is 0 Å². The van der Waals surface area contributed by atoms with Crippen LogP contribution in [0.4, 0.5) is 0 Å². The molecular weight excluding hydrogens is 332 g/mol. The Morgan fingerprint density at radius 2 is 1.69 bits per heavy atom. The van der Waals surface area contributed by atoms with Gasteiger partial charge in [0.25, 0.3) is 5.91 Å². The van der Waals surface area contributed by atoms with Gasteiger partial charge in [-0.2, -0.15) is 0 Å². The third kappa shape index (κ3) is 3.31. The van der Waals surface area contributed by atoms with Gasteiger partial charge < -0.3 is 15.7 Å². The quantitative estimate of drug-likeness (QED) is 0.833. The third-order valence-corrected chi connectivity index (χ3v) is 4.67. The Hall–Kier alpha value is -3.15. The molecular formula is C20H20N2O4. The molecule has 0 aliphatic carbocycles. The van der Waals surface area contributed by atoms with Crippen molar-refractivity contribution >= 4 is 17.8 Å². The molecule has 2 atom stereocenters. The Bertz CT molecular complexity index is 835. The molecule has 0 saturated carbocycles. The Balaban J connectivity index is 2.08. The first-order valence-corrected chi connectivity index (χ1v) is 8.46. The monoisotopic (exact) mass is 352 g/mol. The molecule has 1 heterocycles. The number of amides is 2. The second-order valence-corrected chi connectivity index (χ2v) is 6.33. The lowest BCUT2D eigenvalue weighted by atomic mass is 9.79. The van der Waals surface area contributed by atoms with Crippen LogP contribution in [-0.2, 0) is 9.59 Å².